The van der Waals surface area contributed by atoms with Crippen LogP contribution in [0, 0.1) is 6.92 Å². The van der Waals surface area contributed by atoms with Gasteiger partial charge < -0.3 is 14.4 Å². The number of ether oxygens (including phenoxy) is 1. The van der Waals surface area contributed by atoms with Crippen LogP contribution in [0.1, 0.15) is 23.0 Å². The molecule has 0 amide bonds. The molecule has 124 valence electrons. The molecule has 0 fully saturated rings. The SMILES string of the molecule is CCOC(=O)c1ccc2[nH]c(C)c(-c3cccc(NSC)c3)c2c1. The zero-order valence-electron chi connectivity index (χ0n) is 14.0. The first kappa shape index (κ1) is 16.5. The number of nitrogens with one attached hydrogen (secondary N) is 2. The third-order valence-corrected chi connectivity index (χ3v) is 4.31. The molecular formula is C19H20N2O2S. The van der Waals surface area contributed by atoms with Crippen LogP contribution >= 0.6 is 11.9 Å². The molecule has 3 aromatic rings. The van der Waals surface area contributed by atoms with Crippen molar-refractivity contribution in [2.24, 2.45) is 0 Å². The van der Waals surface area contributed by atoms with Gasteiger partial charge in [-0.05, 0) is 49.7 Å². The second-order valence-electron chi connectivity index (χ2n) is 5.49. The predicted octanol–water partition coefficient (Wildman–Crippen LogP) is 5.01. The van der Waals surface area contributed by atoms with Crippen LogP contribution in [0.4, 0.5) is 5.69 Å². The third-order valence-electron chi connectivity index (χ3n) is 3.87. The fourth-order valence-electron chi connectivity index (χ4n) is 2.90. The second kappa shape index (κ2) is 7.01. The van der Waals surface area contributed by atoms with E-state index in [9.17, 15) is 4.79 Å². The lowest BCUT2D eigenvalue weighted by molar-refractivity contribution is 0.0526. The molecule has 0 aliphatic rings. The first-order valence-corrected chi connectivity index (χ1v) is 9.05. The van der Waals surface area contributed by atoms with Gasteiger partial charge in [-0.3, -0.25) is 0 Å². The highest BCUT2D eigenvalue weighted by Gasteiger charge is 2.14. The van der Waals surface area contributed by atoms with Crippen LogP contribution < -0.4 is 4.72 Å². The van der Waals surface area contributed by atoms with Crippen LogP contribution in [-0.2, 0) is 4.74 Å². The van der Waals surface area contributed by atoms with Gasteiger partial charge in [-0.15, -0.1) is 0 Å². The van der Waals surface area contributed by atoms with E-state index in [0.717, 1.165) is 33.4 Å². The Morgan fingerprint density at radius 3 is 2.83 bits per heavy atom. The number of benzene rings is 2. The number of aromatic nitrogens is 1. The number of rotatable bonds is 5. The van der Waals surface area contributed by atoms with E-state index >= 15 is 0 Å². The van der Waals surface area contributed by atoms with Crippen molar-refractivity contribution in [3.8, 4) is 11.1 Å². The molecule has 0 atom stereocenters. The van der Waals surface area contributed by atoms with Gasteiger partial charge in [0.15, 0.2) is 0 Å². The Kier molecular flexibility index (Phi) is 4.81. The Balaban J connectivity index is 2.13. The minimum atomic E-state index is -0.290. The molecule has 1 aromatic heterocycles. The highest BCUT2D eigenvalue weighted by Crippen LogP contribution is 2.34. The van der Waals surface area contributed by atoms with Gasteiger partial charge in [0.2, 0.25) is 0 Å². The fourth-order valence-corrected chi connectivity index (χ4v) is 3.26. The molecule has 0 saturated heterocycles. The molecule has 0 unspecified atom stereocenters. The number of anilines is 1. The maximum atomic E-state index is 12.0. The lowest BCUT2D eigenvalue weighted by Gasteiger charge is -2.07. The smallest absolute Gasteiger partial charge is 0.338 e. The summed E-state index contributed by atoms with van der Waals surface area (Å²) in [5.41, 5.74) is 5.93. The lowest BCUT2D eigenvalue weighted by Crippen LogP contribution is -2.04. The van der Waals surface area contributed by atoms with Gasteiger partial charge >= 0.3 is 5.97 Å². The van der Waals surface area contributed by atoms with Crippen LogP contribution in [0.15, 0.2) is 42.5 Å². The van der Waals surface area contributed by atoms with E-state index in [1.165, 1.54) is 0 Å². The van der Waals surface area contributed by atoms with E-state index in [1.54, 1.807) is 18.0 Å². The molecule has 0 bridgehead atoms. The van der Waals surface area contributed by atoms with E-state index in [2.05, 4.69) is 21.8 Å². The summed E-state index contributed by atoms with van der Waals surface area (Å²) < 4.78 is 8.37. The summed E-state index contributed by atoms with van der Waals surface area (Å²) in [5.74, 6) is -0.290. The molecule has 0 radical (unpaired) electrons. The summed E-state index contributed by atoms with van der Waals surface area (Å²) in [4.78, 5) is 15.4. The Hall–Kier alpha value is -2.40. The summed E-state index contributed by atoms with van der Waals surface area (Å²) in [6.45, 7) is 4.23. The quantitative estimate of drug-likeness (QED) is 0.506. The Morgan fingerprint density at radius 1 is 1.25 bits per heavy atom. The van der Waals surface area contributed by atoms with E-state index < -0.39 is 0 Å². The van der Waals surface area contributed by atoms with Crippen molar-refractivity contribution in [1.82, 2.24) is 4.98 Å². The average Bonchev–Trinajstić information content (AvgIpc) is 2.90. The van der Waals surface area contributed by atoms with Crippen LogP contribution in [-0.4, -0.2) is 23.8 Å². The summed E-state index contributed by atoms with van der Waals surface area (Å²) in [5, 5.41) is 1.03. The van der Waals surface area contributed by atoms with Gasteiger partial charge in [-0.1, -0.05) is 24.1 Å². The Labute approximate surface area is 145 Å². The van der Waals surface area contributed by atoms with E-state index in [1.807, 2.05) is 44.4 Å². The molecule has 2 aromatic carbocycles. The number of hydrogen-bond donors (Lipinski definition) is 2. The summed E-state index contributed by atoms with van der Waals surface area (Å²) >= 11 is 1.56. The minimum absolute atomic E-state index is 0.290. The second-order valence-corrected chi connectivity index (χ2v) is 6.11. The van der Waals surface area contributed by atoms with Crippen molar-refractivity contribution < 1.29 is 9.53 Å². The first-order chi connectivity index (χ1) is 11.6. The minimum Gasteiger partial charge on any atom is -0.462 e. The van der Waals surface area contributed by atoms with Gasteiger partial charge in [-0.2, -0.15) is 0 Å². The average molecular weight is 340 g/mol. The van der Waals surface area contributed by atoms with Crippen molar-refractivity contribution in [2.75, 3.05) is 17.6 Å². The number of esters is 1. The van der Waals surface area contributed by atoms with Crippen LogP contribution in [0.25, 0.3) is 22.0 Å². The Morgan fingerprint density at radius 2 is 2.08 bits per heavy atom. The largest absolute Gasteiger partial charge is 0.462 e. The van der Waals surface area contributed by atoms with Gasteiger partial charge in [0.25, 0.3) is 0 Å². The van der Waals surface area contributed by atoms with Crippen LogP contribution in [0.2, 0.25) is 0 Å². The highest BCUT2D eigenvalue weighted by molar-refractivity contribution is 7.99. The number of carbonyl (C=O) groups excluding carboxylic acids is 1. The van der Waals surface area contributed by atoms with Crippen molar-refractivity contribution in [2.45, 2.75) is 13.8 Å². The maximum Gasteiger partial charge on any atom is 0.338 e. The number of hydrogen-bond acceptors (Lipinski definition) is 4. The van der Waals surface area contributed by atoms with Crippen molar-refractivity contribution in [3.05, 3.63) is 53.7 Å². The molecule has 5 heteroatoms. The molecule has 0 spiro atoms. The number of H-pyrrole nitrogens is 1. The lowest BCUT2D eigenvalue weighted by atomic mass is 10.0. The third kappa shape index (κ3) is 3.12. The van der Waals surface area contributed by atoms with E-state index in [0.29, 0.717) is 12.2 Å². The number of fused-ring (bicyclic) bond motifs is 1. The van der Waals surface area contributed by atoms with E-state index in [-0.39, 0.29) is 5.97 Å². The summed E-state index contributed by atoms with van der Waals surface area (Å²) in [7, 11) is 0. The van der Waals surface area contributed by atoms with E-state index in [4.69, 9.17) is 4.74 Å². The zero-order chi connectivity index (χ0) is 17.1. The van der Waals surface area contributed by atoms with Crippen LogP contribution in [0.3, 0.4) is 0 Å². The monoisotopic (exact) mass is 340 g/mol. The van der Waals surface area contributed by atoms with Crippen molar-refractivity contribution >= 4 is 34.5 Å². The molecule has 1 heterocycles. The summed E-state index contributed by atoms with van der Waals surface area (Å²) in [6.07, 6.45) is 2.00. The standard InChI is InChI=1S/C19H20N2O2S/c1-4-23-19(22)14-8-9-17-16(11-14)18(12(2)20-17)13-6-5-7-15(10-13)21-24-3/h5-11,20-21H,4H2,1-3H3. The van der Waals surface area contributed by atoms with Gasteiger partial charge in [-0.25, -0.2) is 4.79 Å². The summed E-state index contributed by atoms with van der Waals surface area (Å²) in [6, 6.07) is 13.9. The normalized spacial score (nSPS) is 10.8. The first-order valence-electron chi connectivity index (χ1n) is 7.83. The Bertz CT molecular complexity index is 886. The predicted molar refractivity (Wildman–Crippen MR) is 102 cm³/mol. The number of carbonyl (C=O) groups is 1. The van der Waals surface area contributed by atoms with Crippen molar-refractivity contribution in [3.63, 3.8) is 0 Å². The molecule has 24 heavy (non-hydrogen) atoms. The molecule has 3 rings (SSSR count). The number of aromatic amines is 1. The highest BCUT2D eigenvalue weighted by atomic mass is 32.2. The van der Waals surface area contributed by atoms with Gasteiger partial charge in [0.1, 0.15) is 0 Å². The molecule has 2 N–H and O–H groups in total. The fraction of sp³-hybridized carbons (Fsp3) is 0.211. The van der Waals surface area contributed by atoms with Gasteiger partial charge in [0.05, 0.1) is 12.2 Å². The topological polar surface area (TPSA) is 54.1 Å². The van der Waals surface area contributed by atoms with Crippen molar-refractivity contribution in [1.29, 1.82) is 0 Å². The molecular weight excluding hydrogens is 320 g/mol. The molecule has 0 aliphatic carbocycles. The van der Waals surface area contributed by atoms with Crippen LogP contribution in [0.5, 0.6) is 0 Å². The molecule has 0 aliphatic heterocycles. The van der Waals surface area contributed by atoms with Gasteiger partial charge in [0, 0.05) is 34.1 Å². The maximum absolute atomic E-state index is 12.0. The molecule has 4 nitrogen and oxygen atoms in total. The molecule has 0 saturated carbocycles. The zero-order valence-corrected chi connectivity index (χ0v) is 14.8. The number of aryl methyl sites for hydroxylation is 1.